The molecule has 1 amide bonds. The van der Waals surface area contributed by atoms with Crippen molar-refractivity contribution in [3.8, 4) is 21.8 Å². The van der Waals surface area contributed by atoms with E-state index in [-0.39, 0.29) is 22.2 Å². The Morgan fingerprint density at radius 2 is 2.00 bits per heavy atom. The Hall–Kier alpha value is -2.69. The van der Waals surface area contributed by atoms with E-state index in [9.17, 15) is 9.18 Å². The summed E-state index contributed by atoms with van der Waals surface area (Å²) in [5.41, 5.74) is -0.0262. The zero-order valence-corrected chi connectivity index (χ0v) is 16.4. The summed E-state index contributed by atoms with van der Waals surface area (Å²) in [4.78, 5) is 25.7. The maximum atomic E-state index is 15.0. The molecule has 2 aromatic heterocycles. The van der Waals surface area contributed by atoms with E-state index in [0.717, 1.165) is 12.1 Å². The van der Waals surface area contributed by atoms with Crippen LogP contribution in [0.15, 0.2) is 24.4 Å². The van der Waals surface area contributed by atoms with Gasteiger partial charge in [-0.1, -0.05) is 11.3 Å². The molecule has 0 atom stereocenters. The Balaban J connectivity index is 1.91. The Bertz CT molecular complexity index is 1060. The second-order valence-corrected chi connectivity index (χ2v) is 7.35. The lowest BCUT2D eigenvalue weighted by Crippen LogP contribution is -2.36. The molecule has 4 rings (SSSR count). The van der Waals surface area contributed by atoms with Crippen LogP contribution in [0.5, 0.6) is 0 Å². The predicted molar refractivity (Wildman–Crippen MR) is 106 cm³/mol. The lowest BCUT2D eigenvalue weighted by atomic mass is 10.1. The molecule has 1 aromatic carbocycles. The highest BCUT2D eigenvalue weighted by Crippen LogP contribution is 2.42. The van der Waals surface area contributed by atoms with Crippen molar-refractivity contribution in [3.63, 3.8) is 0 Å². The van der Waals surface area contributed by atoms with E-state index in [4.69, 9.17) is 16.3 Å². The number of nitrogens with zero attached hydrogens (tertiary/aromatic N) is 4. The predicted octanol–water partition coefficient (Wildman–Crippen LogP) is 3.60. The average molecular weight is 438 g/mol. The van der Waals surface area contributed by atoms with Gasteiger partial charge in [-0.05, 0) is 29.8 Å². The molecule has 3 aromatic rings. The van der Waals surface area contributed by atoms with Gasteiger partial charge in [-0.15, -0.1) is 0 Å². The maximum absolute atomic E-state index is 15.0. The van der Waals surface area contributed by atoms with Crippen LogP contribution in [-0.4, -0.2) is 47.7 Å². The number of aromatic nitrogens is 3. The topological polar surface area (TPSA) is 80.2 Å². The van der Waals surface area contributed by atoms with Crippen LogP contribution in [0.2, 0.25) is 5.28 Å². The van der Waals surface area contributed by atoms with Crippen LogP contribution in [0, 0.1) is 11.6 Å². The molecule has 150 valence electrons. The lowest BCUT2D eigenvalue weighted by Gasteiger charge is -2.26. The second kappa shape index (κ2) is 8.36. The van der Waals surface area contributed by atoms with Gasteiger partial charge >= 0.3 is 0 Å². The van der Waals surface area contributed by atoms with Crippen LogP contribution in [0.3, 0.4) is 0 Å². The molecule has 0 saturated carbocycles. The third kappa shape index (κ3) is 3.91. The Labute approximate surface area is 173 Å². The van der Waals surface area contributed by atoms with Crippen molar-refractivity contribution in [1.29, 1.82) is 0 Å². The number of hydrogen-bond acceptors (Lipinski definition) is 7. The SMILES string of the molecule is O=CNc1ccc(F)c(-c2nc(N3CCOCC3)sc2-c2ccnc(Cl)n2)c1F. The number of carbonyl (C=O) groups excluding carboxylic acids is 1. The minimum absolute atomic E-state index is 0.00656. The first-order valence-electron chi connectivity index (χ1n) is 8.59. The lowest BCUT2D eigenvalue weighted by molar-refractivity contribution is -0.105. The standard InChI is InChI=1S/C18H14ClF2N5O2S/c19-17-22-4-3-12(24-17)16-15(25-18(29-16)26-5-7-28-8-6-26)13-10(20)1-2-11(14(13)21)23-9-27/h1-4,9H,5-8H2,(H,23,27). The van der Waals surface area contributed by atoms with Gasteiger partial charge in [0.2, 0.25) is 11.7 Å². The number of halogens is 3. The maximum Gasteiger partial charge on any atom is 0.222 e. The van der Waals surface area contributed by atoms with Gasteiger partial charge in [-0.25, -0.2) is 23.7 Å². The van der Waals surface area contributed by atoms with Gasteiger partial charge in [0.05, 0.1) is 40.7 Å². The Kier molecular flexibility index (Phi) is 5.65. The van der Waals surface area contributed by atoms with Crippen LogP contribution in [-0.2, 0) is 9.53 Å². The van der Waals surface area contributed by atoms with Crippen molar-refractivity contribution in [2.24, 2.45) is 0 Å². The fourth-order valence-corrected chi connectivity index (χ4v) is 4.19. The van der Waals surface area contributed by atoms with Gasteiger partial charge in [0.25, 0.3) is 0 Å². The van der Waals surface area contributed by atoms with E-state index in [1.807, 2.05) is 4.90 Å². The van der Waals surface area contributed by atoms with Crippen molar-refractivity contribution < 1.29 is 18.3 Å². The number of carbonyl (C=O) groups is 1. The normalized spacial score (nSPS) is 14.1. The first-order chi connectivity index (χ1) is 14.1. The van der Waals surface area contributed by atoms with E-state index >= 15 is 4.39 Å². The molecular weight excluding hydrogens is 424 g/mol. The number of nitrogens with one attached hydrogen (secondary N) is 1. The molecular formula is C18H14ClF2N5O2S. The van der Waals surface area contributed by atoms with Crippen molar-refractivity contribution in [2.45, 2.75) is 0 Å². The van der Waals surface area contributed by atoms with Gasteiger partial charge in [0.1, 0.15) is 5.82 Å². The fourth-order valence-electron chi connectivity index (χ4n) is 2.95. The van der Waals surface area contributed by atoms with Crippen molar-refractivity contribution >= 4 is 40.2 Å². The first kappa shape index (κ1) is 19.6. The highest BCUT2D eigenvalue weighted by atomic mass is 35.5. The zero-order chi connectivity index (χ0) is 20.4. The van der Waals surface area contributed by atoms with Crippen LogP contribution in [0.4, 0.5) is 19.6 Å². The van der Waals surface area contributed by atoms with E-state index in [0.29, 0.717) is 48.4 Å². The number of morpholine rings is 1. The number of hydrogen-bond donors (Lipinski definition) is 1. The summed E-state index contributed by atoms with van der Waals surface area (Å²) in [5.74, 6) is -1.73. The molecule has 3 heterocycles. The molecule has 0 spiro atoms. The fraction of sp³-hybridized carbons (Fsp3) is 0.222. The minimum Gasteiger partial charge on any atom is -0.378 e. The highest BCUT2D eigenvalue weighted by Gasteiger charge is 2.26. The van der Waals surface area contributed by atoms with Crippen molar-refractivity contribution in [1.82, 2.24) is 15.0 Å². The largest absolute Gasteiger partial charge is 0.378 e. The molecule has 29 heavy (non-hydrogen) atoms. The van der Waals surface area contributed by atoms with Gasteiger partial charge in [0, 0.05) is 19.3 Å². The molecule has 0 radical (unpaired) electrons. The van der Waals surface area contributed by atoms with Gasteiger partial charge < -0.3 is 15.0 Å². The van der Waals surface area contributed by atoms with E-state index < -0.39 is 11.6 Å². The summed E-state index contributed by atoms with van der Waals surface area (Å²) >= 11 is 7.16. The van der Waals surface area contributed by atoms with E-state index in [2.05, 4.69) is 20.3 Å². The molecule has 0 aliphatic carbocycles. The number of benzene rings is 1. The summed E-state index contributed by atoms with van der Waals surface area (Å²) in [6.07, 6.45) is 1.78. The molecule has 0 unspecified atom stereocenters. The van der Waals surface area contributed by atoms with Gasteiger partial charge in [-0.3, -0.25) is 4.79 Å². The monoisotopic (exact) mass is 437 g/mol. The third-order valence-electron chi connectivity index (χ3n) is 4.30. The van der Waals surface area contributed by atoms with Gasteiger partial charge in [-0.2, -0.15) is 0 Å². The number of anilines is 2. The molecule has 1 N–H and O–H groups in total. The molecule has 7 nitrogen and oxygen atoms in total. The molecule has 1 aliphatic rings. The molecule has 1 aliphatic heterocycles. The molecule has 11 heteroatoms. The summed E-state index contributed by atoms with van der Waals surface area (Å²) < 4.78 is 35.1. The number of ether oxygens (including phenoxy) is 1. The number of amides is 1. The zero-order valence-electron chi connectivity index (χ0n) is 14.9. The average Bonchev–Trinajstić information content (AvgIpc) is 3.16. The van der Waals surface area contributed by atoms with Crippen molar-refractivity contribution in [2.75, 3.05) is 36.5 Å². The molecule has 0 bridgehead atoms. The number of thiazole rings is 1. The quantitative estimate of drug-likeness (QED) is 0.485. The van der Waals surface area contributed by atoms with Crippen molar-refractivity contribution in [3.05, 3.63) is 41.3 Å². The Morgan fingerprint density at radius 1 is 1.21 bits per heavy atom. The second-order valence-electron chi connectivity index (χ2n) is 6.03. The summed E-state index contributed by atoms with van der Waals surface area (Å²) in [6.45, 7) is 2.28. The molecule has 1 saturated heterocycles. The Morgan fingerprint density at radius 3 is 2.72 bits per heavy atom. The van der Waals surface area contributed by atoms with Gasteiger partial charge in [0.15, 0.2) is 10.9 Å². The summed E-state index contributed by atoms with van der Waals surface area (Å²) in [6, 6.07) is 3.82. The molecule has 1 fully saturated rings. The highest BCUT2D eigenvalue weighted by molar-refractivity contribution is 7.19. The smallest absolute Gasteiger partial charge is 0.222 e. The minimum atomic E-state index is -0.919. The van der Waals surface area contributed by atoms with Crippen LogP contribution in [0.25, 0.3) is 21.8 Å². The van der Waals surface area contributed by atoms with Crippen LogP contribution >= 0.6 is 22.9 Å². The first-order valence-corrected chi connectivity index (χ1v) is 9.79. The van der Waals surface area contributed by atoms with Crippen LogP contribution < -0.4 is 10.2 Å². The summed E-state index contributed by atoms with van der Waals surface area (Å²) in [7, 11) is 0. The number of rotatable bonds is 5. The van der Waals surface area contributed by atoms with E-state index in [1.165, 1.54) is 17.5 Å². The third-order valence-corrected chi connectivity index (χ3v) is 5.62. The summed E-state index contributed by atoms with van der Waals surface area (Å²) in [5, 5.41) is 2.82. The van der Waals surface area contributed by atoms with E-state index in [1.54, 1.807) is 6.07 Å². The van der Waals surface area contributed by atoms with Crippen LogP contribution in [0.1, 0.15) is 0 Å².